The van der Waals surface area contributed by atoms with Gasteiger partial charge in [0, 0.05) is 5.69 Å². The van der Waals surface area contributed by atoms with E-state index in [-0.39, 0.29) is 0 Å². The Balaban J connectivity index is 2.06. The molecule has 0 saturated heterocycles. The van der Waals surface area contributed by atoms with Crippen LogP contribution < -0.4 is 5.32 Å². The molecule has 2 rings (SSSR count). The van der Waals surface area contributed by atoms with Gasteiger partial charge >= 0.3 is 0 Å². The van der Waals surface area contributed by atoms with E-state index in [2.05, 4.69) is 5.32 Å². The topological polar surface area (TPSA) is 70.0 Å². The average Bonchev–Trinajstić information content (AvgIpc) is 2.54. The van der Waals surface area contributed by atoms with E-state index in [4.69, 9.17) is 5.26 Å². The molecule has 0 heterocycles. The van der Waals surface area contributed by atoms with Crippen LogP contribution in [-0.2, 0) is 9.59 Å². The van der Waals surface area contributed by atoms with E-state index in [0.29, 0.717) is 5.69 Å². The highest BCUT2D eigenvalue weighted by atomic mass is 16.2. The van der Waals surface area contributed by atoms with Gasteiger partial charge in [0.05, 0.1) is 6.07 Å². The highest BCUT2D eigenvalue weighted by Gasteiger charge is 2.24. The number of anilines is 1. The number of ketones is 1. The van der Waals surface area contributed by atoms with Crippen LogP contribution in [0.1, 0.15) is 11.1 Å². The first kappa shape index (κ1) is 16.2. The highest BCUT2D eigenvalue weighted by Crippen LogP contribution is 2.12. The van der Waals surface area contributed by atoms with Gasteiger partial charge in [-0.3, -0.25) is 9.59 Å². The second kappa shape index (κ2) is 7.71. The molecular formula is C19H16N2O2. The normalized spacial score (nSPS) is 11.7. The SMILES string of the molecule is Cc1cccc(NC(=O)[C@@H](C#N)C(=O)/C=C\c2ccccc2)c1. The highest BCUT2D eigenvalue weighted by molar-refractivity contribution is 6.14. The van der Waals surface area contributed by atoms with Crippen LogP contribution in [0.4, 0.5) is 5.69 Å². The zero-order chi connectivity index (χ0) is 16.7. The molecule has 0 aliphatic heterocycles. The molecule has 23 heavy (non-hydrogen) atoms. The molecular weight excluding hydrogens is 288 g/mol. The second-order valence-electron chi connectivity index (χ2n) is 5.07. The third kappa shape index (κ3) is 4.65. The van der Waals surface area contributed by atoms with Crippen LogP contribution in [0.5, 0.6) is 0 Å². The maximum absolute atomic E-state index is 12.1. The summed E-state index contributed by atoms with van der Waals surface area (Å²) in [6.07, 6.45) is 2.85. The number of carbonyl (C=O) groups excluding carboxylic acids is 2. The molecule has 0 aliphatic rings. The number of nitrogens with zero attached hydrogens (tertiary/aromatic N) is 1. The largest absolute Gasteiger partial charge is 0.325 e. The van der Waals surface area contributed by atoms with Crippen molar-refractivity contribution in [1.29, 1.82) is 5.26 Å². The van der Waals surface area contributed by atoms with Crippen molar-refractivity contribution in [3.05, 3.63) is 71.8 Å². The van der Waals surface area contributed by atoms with Gasteiger partial charge < -0.3 is 5.32 Å². The van der Waals surface area contributed by atoms with Crippen molar-refractivity contribution < 1.29 is 9.59 Å². The molecule has 0 fully saturated rings. The molecule has 1 N–H and O–H groups in total. The van der Waals surface area contributed by atoms with E-state index >= 15 is 0 Å². The number of benzene rings is 2. The van der Waals surface area contributed by atoms with E-state index in [0.717, 1.165) is 11.1 Å². The first-order valence-corrected chi connectivity index (χ1v) is 7.14. The Bertz CT molecular complexity index is 773. The number of nitriles is 1. The summed E-state index contributed by atoms with van der Waals surface area (Å²) < 4.78 is 0. The van der Waals surface area contributed by atoms with Crippen LogP contribution in [-0.4, -0.2) is 11.7 Å². The molecule has 0 saturated carbocycles. The summed E-state index contributed by atoms with van der Waals surface area (Å²) in [5.74, 6) is -2.53. The van der Waals surface area contributed by atoms with Gasteiger partial charge in [-0.15, -0.1) is 0 Å². The minimum Gasteiger partial charge on any atom is -0.325 e. The van der Waals surface area contributed by atoms with Crippen LogP contribution in [0.3, 0.4) is 0 Å². The van der Waals surface area contributed by atoms with Crippen molar-refractivity contribution >= 4 is 23.5 Å². The minimum absolute atomic E-state index is 0.540. The number of carbonyl (C=O) groups is 2. The molecule has 0 aliphatic carbocycles. The number of aryl methyl sites for hydroxylation is 1. The van der Waals surface area contributed by atoms with Crippen LogP contribution in [0.25, 0.3) is 6.08 Å². The van der Waals surface area contributed by atoms with Crippen molar-refractivity contribution in [2.24, 2.45) is 5.92 Å². The molecule has 0 spiro atoms. The molecule has 1 atom stereocenters. The third-order valence-electron chi connectivity index (χ3n) is 3.20. The minimum atomic E-state index is -1.37. The Labute approximate surface area is 135 Å². The van der Waals surface area contributed by atoms with Crippen molar-refractivity contribution in [1.82, 2.24) is 0 Å². The standard InChI is InChI=1S/C19H16N2O2/c1-14-6-5-9-16(12-14)21-19(23)17(13-20)18(22)11-10-15-7-3-2-4-8-15/h2-12,17H,1H3,(H,21,23)/b11-10-/t17-/m0/s1. The van der Waals surface area contributed by atoms with E-state index in [1.54, 1.807) is 30.3 Å². The summed E-state index contributed by atoms with van der Waals surface area (Å²) in [4.78, 5) is 24.2. The molecule has 114 valence electrons. The number of hydrogen-bond acceptors (Lipinski definition) is 3. The fraction of sp³-hybridized carbons (Fsp3) is 0.105. The molecule has 0 bridgehead atoms. The fourth-order valence-corrected chi connectivity index (χ4v) is 2.03. The molecule has 4 heteroatoms. The number of amides is 1. The first-order chi connectivity index (χ1) is 11.1. The van der Waals surface area contributed by atoms with Crippen molar-refractivity contribution in [3.8, 4) is 6.07 Å². The van der Waals surface area contributed by atoms with E-state index < -0.39 is 17.6 Å². The van der Waals surface area contributed by atoms with Crippen LogP contribution in [0.2, 0.25) is 0 Å². The maximum Gasteiger partial charge on any atom is 0.249 e. The van der Waals surface area contributed by atoms with Crippen LogP contribution in [0.15, 0.2) is 60.7 Å². The Morgan fingerprint density at radius 1 is 1.13 bits per heavy atom. The summed E-state index contributed by atoms with van der Waals surface area (Å²) in [6, 6.07) is 18.2. The fourth-order valence-electron chi connectivity index (χ4n) is 2.03. The lowest BCUT2D eigenvalue weighted by atomic mass is 10.0. The third-order valence-corrected chi connectivity index (χ3v) is 3.20. The smallest absolute Gasteiger partial charge is 0.249 e. The van der Waals surface area contributed by atoms with Gasteiger partial charge in [0.25, 0.3) is 0 Å². The molecule has 0 radical (unpaired) electrons. The lowest BCUT2D eigenvalue weighted by molar-refractivity contribution is -0.126. The Morgan fingerprint density at radius 2 is 1.87 bits per heavy atom. The predicted octanol–water partition coefficient (Wildman–Crippen LogP) is 3.36. The van der Waals surface area contributed by atoms with Crippen LogP contribution >= 0.6 is 0 Å². The number of allylic oxidation sites excluding steroid dienone is 1. The number of rotatable bonds is 5. The summed E-state index contributed by atoms with van der Waals surface area (Å²) >= 11 is 0. The predicted molar refractivity (Wildman–Crippen MR) is 89.4 cm³/mol. The van der Waals surface area contributed by atoms with Crippen LogP contribution in [0, 0.1) is 24.2 Å². The van der Waals surface area contributed by atoms with Crippen molar-refractivity contribution in [2.75, 3.05) is 5.32 Å². The first-order valence-electron chi connectivity index (χ1n) is 7.14. The summed E-state index contributed by atoms with van der Waals surface area (Å²) in [7, 11) is 0. The molecule has 2 aromatic rings. The van der Waals surface area contributed by atoms with Gasteiger partial charge in [-0.1, -0.05) is 48.5 Å². The quantitative estimate of drug-likeness (QED) is 0.680. The summed E-state index contributed by atoms with van der Waals surface area (Å²) in [5, 5.41) is 11.7. The number of hydrogen-bond donors (Lipinski definition) is 1. The zero-order valence-electron chi connectivity index (χ0n) is 12.7. The summed E-state index contributed by atoms with van der Waals surface area (Å²) in [6.45, 7) is 1.89. The Morgan fingerprint density at radius 3 is 2.52 bits per heavy atom. The average molecular weight is 304 g/mol. The van der Waals surface area contributed by atoms with Gasteiger partial charge in [-0.2, -0.15) is 5.26 Å². The maximum atomic E-state index is 12.1. The number of nitrogens with one attached hydrogen (secondary N) is 1. The molecule has 4 nitrogen and oxygen atoms in total. The van der Waals surface area contributed by atoms with Gasteiger partial charge in [0.1, 0.15) is 0 Å². The zero-order valence-corrected chi connectivity index (χ0v) is 12.7. The monoisotopic (exact) mass is 304 g/mol. The van der Waals surface area contributed by atoms with Gasteiger partial charge in [-0.25, -0.2) is 0 Å². The molecule has 1 amide bonds. The van der Waals surface area contributed by atoms with Gasteiger partial charge in [0.15, 0.2) is 11.7 Å². The van der Waals surface area contributed by atoms with E-state index in [1.807, 2.05) is 43.3 Å². The lowest BCUT2D eigenvalue weighted by Gasteiger charge is -2.08. The molecule has 0 unspecified atom stereocenters. The lowest BCUT2D eigenvalue weighted by Crippen LogP contribution is -2.27. The second-order valence-corrected chi connectivity index (χ2v) is 5.07. The molecule has 2 aromatic carbocycles. The van der Waals surface area contributed by atoms with E-state index in [9.17, 15) is 9.59 Å². The summed E-state index contributed by atoms with van der Waals surface area (Å²) in [5.41, 5.74) is 2.37. The van der Waals surface area contributed by atoms with Crippen molar-refractivity contribution in [2.45, 2.75) is 6.92 Å². The molecule has 0 aromatic heterocycles. The van der Waals surface area contributed by atoms with Gasteiger partial charge in [-0.05, 0) is 36.3 Å². The Kier molecular flexibility index (Phi) is 5.43. The Hall–Kier alpha value is -3.19. The van der Waals surface area contributed by atoms with E-state index in [1.165, 1.54) is 6.08 Å². The van der Waals surface area contributed by atoms with Crippen molar-refractivity contribution in [3.63, 3.8) is 0 Å². The van der Waals surface area contributed by atoms with Gasteiger partial charge in [0.2, 0.25) is 5.91 Å².